The smallest absolute Gasteiger partial charge is 0.410 e. The Morgan fingerprint density at radius 2 is 1.53 bits per heavy atom. The van der Waals surface area contributed by atoms with Crippen LogP contribution in [0.15, 0.2) is 0 Å². The molecule has 3 atom stereocenters. The molecule has 0 aliphatic carbocycles. The van der Waals surface area contributed by atoms with Crippen molar-refractivity contribution in [2.45, 2.75) is 77.5 Å². The Labute approximate surface area is 183 Å². The molecule has 0 saturated carbocycles. The normalized spacial score (nSPS) is 23.5. The maximum Gasteiger partial charge on any atom is 0.410 e. The van der Waals surface area contributed by atoms with Crippen molar-refractivity contribution in [2.24, 2.45) is 5.92 Å². The van der Waals surface area contributed by atoms with Gasteiger partial charge in [-0.3, -0.25) is 0 Å². The molecule has 0 aromatic rings. The second-order valence-electron chi connectivity index (χ2n) is 10.4. The monoisotopic (exact) mass is 449 g/mol. The molecule has 1 aliphatic heterocycles. The number of piperidine rings is 1. The third-order valence-electron chi connectivity index (χ3n) is 5.58. The standard InChI is InChI=1S/C21H43NO7Si/c1-20(2,3)29-19(23)22-11-16(13-28-30(9,10)21(4,5)6)18(27-15-25-8)17(12-22)26-14-24-7/h16-18H,11-15H2,1-10H3/t16-,17-,18-/m1/s1. The third kappa shape index (κ3) is 8.43. The lowest BCUT2D eigenvalue weighted by Crippen LogP contribution is -2.58. The zero-order valence-corrected chi connectivity index (χ0v) is 21.6. The second-order valence-corrected chi connectivity index (χ2v) is 15.2. The van der Waals surface area contributed by atoms with E-state index in [1.165, 1.54) is 0 Å². The fourth-order valence-electron chi connectivity index (χ4n) is 2.93. The van der Waals surface area contributed by atoms with Crippen molar-refractivity contribution in [2.75, 3.05) is 47.5 Å². The van der Waals surface area contributed by atoms with Gasteiger partial charge in [-0.15, -0.1) is 0 Å². The predicted molar refractivity (Wildman–Crippen MR) is 118 cm³/mol. The average molecular weight is 450 g/mol. The highest BCUT2D eigenvalue weighted by Crippen LogP contribution is 2.37. The van der Waals surface area contributed by atoms with Gasteiger partial charge in [0.1, 0.15) is 25.3 Å². The van der Waals surface area contributed by atoms with Crippen molar-refractivity contribution in [3.8, 4) is 0 Å². The minimum atomic E-state index is -1.97. The summed E-state index contributed by atoms with van der Waals surface area (Å²) < 4.78 is 34.2. The lowest BCUT2D eigenvalue weighted by Gasteiger charge is -2.44. The van der Waals surface area contributed by atoms with E-state index in [1.54, 1.807) is 19.1 Å². The molecule has 0 N–H and O–H groups in total. The summed E-state index contributed by atoms with van der Waals surface area (Å²) >= 11 is 0. The molecule has 1 rings (SSSR count). The first kappa shape index (κ1) is 27.3. The number of carbonyl (C=O) groups is 1. The number of hydrogen-bond donors (Lipinski definition) is 0. The maximum absolute atomic E-state index is 12.8. The number of methoxy groups -OCH3 is 2. The van der Waals surface area contributed by atoms with Gasteiger partial charge in [-0.1, -0.05) is 20.8 Å². The van der Waals surface area contributed by atoms with Gasteiger partial charge in [0.15, 0.2) is 8.32 Å². The van der Waals surface area contributed by atoms with Gasteiger partial charge in [0.25, 0.3) is 0 Å². The van der Waals surface area contributed by atoms with Gasteiger partial charge < -0.3 is 33.0 Å². The highest BCUT2D eigenvalue weighted by atomic mass is 28.4. The van der Waals surface area contributed by atoms with Crippen LogP contribution in [0.1, 0.15) is 41.5 Å². The summed E-state index contributed by atoms with van der Waals surface area (Å²) in [5, 5.41) is 0.0847. The Kier molecular flexibility index (Phi) is 10.2. The number of ether oxygens (including phenoxy) is 5. The lowest BCUT2D eigenvalue weighted by atomic mass is 9.93. The molecule has 0 spiro atoms. The molecule has 1 fully saturated rings. The van der Waals surface area contributed by atoms with Gasteiger partial charge in [-0.2, -0.15) is 0 Å². The lowest BCUT2D eigenvalue weighted by molar-refractivity contribution is -0.195. The number of likely N-dealkylation sites (tertiary alicyclic amines) is 1. The Morgan fingerprint density at radius 1 is 0.967 bits per heavy atom. The van der Waals surface area contributed by atoms with Crippen LogP contribution in [0.25, 0.3) is 0 Å². The van der Waals surface area contributed by atoms with Crippen molar-refractivity contribution in [3.63, 3.8) is 0 Å². The van der Waals surface area contributed by atoms with Crippen molar-refractivity contribution in [3.05, 3.63) is 0 Å². The van der Waals surface area contributed by atoms with Gasteiger partial charge in [0.2, 0.25) is 0 Å². The Morgan fingerprint density at radius 3 is 2.03 bits per heavy atom. The van der Waals surface area contributed by atoms with Crippen molar-refractivity contribution < 1.29 is 32.9 Å². The number of rotatable bonds is 9. The van der Waals surface area contributed by atoms with Crippen molar-refractivity contribution in [1.29, 1.82) is 0 Å². The molecule has 8 nitrogen and oxygen atoms in total. The van der Waals surface area contributed by atoms with E-state index < -0.39 is 13.9 Å². The quantitative estimate of drug-likeness (QED) is 0.391. The second kappa shape index (κ2) is 11.2. The molecule has 1 amide bonds. The highest BCUT2D eigenvalue weighted by molar-refractivity contribution is 6.74. The fourth-order valence-corrected chi connectivity index (χ4v) is 4.00. The van der Waals surface area contributed by atoms with Gasteiger partial charge in [-0.05, 0) is 38.9 Å². The molecular weight excluding hydrogens is 406 g/mol. The van der Waals surface area contributed by atoms with E-state index in [2.05, 4.69) is 33.9 Å². The summed E-state index contributed by atoms with van der Waals surface area (Å²) in [6.07, 6.45) is -1.03. The van der Waals surface area contributed by atoms with Crippen LogP contribution in [-0.4, -0.2) is 84.6 Å². The van der Waals surface area contributed by atoms with E-state index in [0.717, 1.165) is 0 Å². The predicted octanol–water partition coefficient (Wildman–Crippen LogP) is 3.85. The number of nitrogens with zero attached hydrogens (tertiary/aromatic N) is 1. The molecular formula is C21H43NO7Si. The Bertz CT molecular complexity index is 530. The van der Waals surface area contributed by atoms with E-state index in [9.17, 15) is 4.79 Å². The summed E-state index contributed by atoms with van der Waals surface area (Å²) in [4.78, 5) is 14.5. The Hall–Kier alpha value is -0.713. The zero-order valence-electron chi connectivity index (χ0n) is 20.6. The van der Waals surface area contributed by atoms with E-state index in [0.29, 0.717) is 19.7 Å². The summed E-state index contributed by atoms with van der Waals surface area (Å²) in [6, 6.07) is 0. The summed E-state index contributed by atoms with van der Waals surface area (Å²) in [5.41, 5.74) is -0.573. The maximum atomic E-state index is 12.8. The molecule has 0 unspecified atom stereocenters. The van der Waals surface area contributed by atoms with Gasteiger partial charge in [0.05, 0.1) is 12.6 Å². The van der Waals surface area contributed by atoms with Gasteiger partial charge in [0, 0.05) is 33.3 Å². The van der Waals surface area contributed by atoms with Crippen LogP contribution in [0.3, 0.4) is 0 Å². The number of carbonyl (C=O) groups excluding carboxylic acids is 1. The first-order valence-electron chi connectivity index (χ1n) is 10.5. The topological polar surface area (TPSA) is 75.7 Å². The molecule has 1 saturated heterocycles. The van der Waals surface area contributed by atoms with Crippen LogP contribution in [-0.2, 0) is 28.1 Å². The van der Waals surface area contributed by atoms with Crippen molar-refractivity contribution >= 4 is 14.4 Å². The summed E-state index contributed by atoms with van der Waals surface area (Å²) in [5.74, 6) is -0.0857. The van der Waals surface area contributed by atoms with Gasteiger partial charge >= 0.3 is 6.09 Å². The van der Waals surface area contributed by atoms with E-state index >= 15 is 0 Å². The van der Waals surface area contributed by atoms with E-state index in [4.69, 9.17) is 28.1 Å². The minimum absolute atomic E-state index is 0.0847. The van der Waals surface area contributed by atoms with E-state index in [1.807, 2.05) is 20.8 Å². The van der Waals surface area contributed by atoms with Crippen LogP contribution < -0.4 is 0 Å². The molecule has 0 bridgehead atoms. The number of hydrogen-bond acceptors (Lipinski definition) is 7. The minimum Gasteiger partial charge on any atom is -0.444 e. The fraction of sp³-hybridized carbons (Fsp3) is 0.952. The van der Waals surface area contributed by atoms with E-state index in [-0.39, 0.29) is 42.8 Å². The molecule has 0 aromatic carbocycles. The van der Waals surface area contributed by atoms with Gasteiger partial charge in [-0.25, -0.2) is 4.79 Å². The largest absolute Gasteiger partial charge is 0.444 e. The molecule has 0 radical (unpaired) electrons. The van der Waals surface area contributed by atoms with Crippen LogP contribution in [0.5, 0.6) is 0 Å². The number of amides is 1. The van der Waals surface area contributed by atoms with Crippen LogP contribution in [0, 0.1) is 5.92 Å². The molecule has 1 heterocycles. The molecule has 9 heteroatoms. The SMILES string of the molecule is COCO[C@@H]1[C@@H](CO[Si](C)(C)C(C)(C)C)CN(C(=O)OC(C)(C)C)C[C@H]1OCOC. The summed E-state index contributed by atoms with van der Waals surface area (Å²) in [6.45, 7) is 18.1. The first-order chi connectivity index (χ1) is 13.7. The van der Waals surface area contributed by atoms with Crippen LogP contribution in [0.4, 0.5) is 4.79 Å². The molecule has 0 aromatic heterocycles. The molecule has 178 valence electrons. The highest BCUT2D eigenvalue weighted by Gasteiger charge is 2.44. The first-order valence-corrected chi connectivity index (χ1v) is 13.5. The molecule has 30 heavy (non-hydrogen) atoms. The zero-order chi connectivity index (χ0) is 23.2. The van der Waals surface area contributed by atoms with Crippen LogP contribution >= 0.6 is 0 Å². The average Bonchev–Trinajstić information content (AvgIpc) is 2.60. The molecule has 1 aliphatic rings. The van der Waals surface area contributed by atoms with Crippen molar-refractivity contribution in [1.82, 2.24) is 4.90 Å². The van der Waals surface area contributed by atoms with Crippen LogP contribution in [0.2, 0.25) is 18.1 Å². The Balaban J connectivity index is 3.05. The third-order valence-corrected chi connectivity index (χ3v) is 10.1. The summed E-state index contributed by atoms with van der Waals surface area (Å²) in [7, 11) is 1.18.